The van der Waals surface area contributed by atoms with Crippen LogP contribution in [0.4, 0.5) is 0 Å². The predicted molar refractivity (Wildman–Crippen MR) is 110 cm³/mol. The molecular formula is C23H25ClN2O. The Morgan fingerprint density at radius 3 is 2.81 bits per heavy atom. The van der Waals surface area contributed by atoms with E-state index in [1.807, 2.05) is 18.2 Å². The van der Waals surface area contributed by atoms with E-state index >= 15 is 0 Å². The van der Waals surface area contributed by atoms with Gasteiger partial charge in [-0.15, -0.1) is 0 Å². The van der Waals surface area contributed by atoms with Crippen LogP contribution in [0, 0.1) is 12.8 Å². The van der Waals surface area contributed by atoms with E-state index in [1.165, 1.54) is 36.8 Å². The van der Waals surface area contributed by atoms with Gasteiger partial charge in [0.2, 0.25) is 0 Å². The third-order valence-electron chi connectivity index (χ3n) is 6.80. The van der Waals surface area contributed by atoms with Crippen LogP contribution in [0.25, 0.3) is 11.0 Å². The maximum atomic E-state index is 6.12. The van der Waals surface area contributed by atoms with Gasteiger partial charge in [0.05, 0.1) is 17.6 Å². The molecule has 1 saturated carbocycles. The summed E-state index contributed by atoms with van der Waals surface area (Å²) in [5.74, 6) is 3.28. The first-order valence-corrected chi connectivity index (χ1v) is 10.3. The standard InChI is InChI=1S/C23H25ClN2O/c1-14-3-5-18-21(11-14)27-13-23(18)9-7-16(8-10-23)15(2)22-25-19-6-4-17(24)12-20(19)26-22/h3-6,11-12,15-16H,7-10,13H2,1-2H3,(H,25,26)/t15-,16?,23?/m1/s1. The van der Waals surface area contributed by atoms with E-state index in [0.717, 1.165) is 34.2 Å². The zero-order chi connectivity index (χ0) is 18.6. The van der Waals surface area contributed by atoms with Crippen LogP contribution >= 0.6 is 11.6 Å². The third-order valence-corrected chi connectivity index (χ3v) is 7.04. The quantitative estimate of drug-likeness (QED) is 0.579. The Morgan fingerprint density at radius 2 is 2.00 bits per heavy atom. The minimum absolute atomic E-state index is 0.223. The molecule has 4 heteroatoms. The molecule has 0 unspecified atom stereocenters. The fourth-order valence-electron chi connectivity index (χ4n) is 5.03. The molecular weight excluding hydrogens is 356 g/mol. The van der Waals surface area contributed by atoms with Crippen LogP contribution in [-0.4, -0.2) is 16.6 Å². The van der Waals surface area contributed by atoms with Gasteiger partial charge < -0.3 is 9.72 Å². The van der Waals surface area contributed by atoms with E-state index in [0.29, 0.717) is 11.8 Å². The number of rotatable bonds is 2. The average molecular weight is 381 g/mol. The molecule has 27 heavy (non-hydrogen) atoms. The summed E-state index contributed by atoms with van der Waals surface area (Å²) >= 11 is 6.12. The van der Waals surface area contributed by atoms with E-state index in [9.17, 15) is 0 Å². The molecule has 5 rings (SSSR count). The maximum absolute atomic E-state index is 6.12. The van der Waals surface area contributed by atoms with Crippen molar-refractivity contribution in [3.63, 3.8) is 0 Å². The fraction of sp³-hybridized carbons (Fsp3) is 0.435. The highest BCUT2D eigenvalue weighted by Crippen LogP contribution is 2.51. The normalized spacial score (nSPS) is 25.5. The summed E-state index contributed by atoms with van der Waals surface area (Å²) in [5.41, 5.74) is 4.96. The first kappa shape index (κ1) is 17.1. The van der Waals surface area contributed by atoms with E-state index in [2.05, 4.69) is 37.0 Å². The monoisotopic (exact) mass is 380 g/mol. The fourth-order valence-corrected chi connectivity index (χ4v) is 5.20. The molecule has 0 radical (unpaired) electrons. The van der Waals surface area contributed by atoms with Gasteiger partial charge in [-0.3, -0.25) is 0 Å². The number of imidazole rings is 1. The number of hydrogen-bond acceptors (Lipinski definition) is 2. The van der Waals surface area contributed by atoms with Crippen molar-refractivity contribution in [3.05, 3.63) is 58.4 Å². The number of halogens is 1. The molecule has 1 fully saturated rings. The van der Waals surface area contributed by atoms with Gasteiger partial charge in [-0.1, -0.05) is 30.7 Å². The van der Waals surface area contributed by atoms with Crippen LogP contribution in [0.5, 0.6) is 5.75 Å². The third kappa shape index (κ3) is 2.84. The molecule has 0 bridgehead atoms. The van der Waals surface area contributed by atoms with Gasteiger partial charge in [-0.05, 0) is 68.4 Å². The van der Waals surface area contributed by atoms with Crippen LogP contribution < -0.4 is 4.74 Å². The van der Waals surface area contributed by atoms with Gasteiger partial charge >= 0.3 is 0 Å². The smallest absolute Gasteiger partial charge is 0.123 e. The van der Waals surface area contributed by atoms with Crippen molar-refractivity contribution in [1.82, 2.24) is 9.97 Å². The van der Waals surface area contributed by atoms with Crippen molar-refractivity contribution < 1.29 is 4.74 Å². The van der Waals surface area contributed by atoms with Crippen LogP contribution in [0.15, 0.2) is 36.4 Å². The largest absolute Gasteiger partial charge is 0.492 e. The number of aromatic amines is 1. The molecule has 2 aromatic carbocycles. The number of benzene rings is 2. The molecule has 1 atom stereocenters. The zero-order valence-electron chi connectivity index (χ0n) is 15.9. The number of H-pyrrole nitrogens is 1. The average Bonchev–Trinajstić information content (AvgIpc) is 3.23. The highest BCUT2D eigenvalue weighted by atomic mass is 35.5. The summed E-state index contributed by atoms with van der Waals surface area (Å²) in [4.78, 5) is 8.32. The highest BCUT2D eigenvalue weighted by Gasteiger charge is 2.44. The summed E-state index contributed by atoms with van der Waals surface area (Å²) in [7, 11) is 0. The maximum Gasteiger partial charge on any atom is 0.123 e. The Bertz CT molecular complexity index is 1000. The second kappa shape index (κ2) is 6.27. The second-order valence-corrected chi connectivity index (χ2v) is 8.91. The van der Waals surface area contributed by atoms with Crippen LogP contribution in [0.3, 0.4) is 0 Å². The number of nitrogens with zero attached hydrogens (tertiary/aromatic N) is 1. The van der Waals surface area contributed by atoms with Gasteiger partial charge in [0.25, 0.3) is 0 Å². The first-order chi connectivity index (χ1) is 13.0. The number of nitrogens with one attached hydrogen (secondary N) is 1. The van der Waals surface area contributed by atoms with Gasteiger partial charge in [-0.2, -0.15) is 0 Å². The van der Waals surface area contributed by atoms with Crippen molar-refractivity contribution in [3.8, 4) is 5.75 Å². The molecule has 1 aliphatic heterocycles. The van der Waals surface area contributed by atoms with Crippen molar-refractivity contribution in [2.45, 2.75) is 50.9 Å². The number of ether oxygens (including phenoxy) is 1. The lowest BCUT2D eigenvalue weighted by molar-refractivity contribution is 0.169. The first-order valence-electron chi connectivity index (χ1n) is 9.93. The van der Waals surface area contributed by atoms with Gasteiger partial charge in [0.1, 0.15) is 11.6 Å². The summed E-state index contributed by atoms with van der Waals surface area (Å²) in [6.45, 7) is 5.29. The van der Waals surface area contributed by atoms with E-state index in [1.54, 1.807) is 0 Å². The second-order valence-electron chi connectivity index (χ2n) is 8.48. The Morgan fingerprint density at radius 1 is 1.19 bits per heavy atom. The predicted octanol–water partition coefficient (Wildman–Crippen LogP) is 6.15. The topological polar surface area (TPSA) is 37.9 Å². The number of fused-ring (bicyclic) bond motifs is 3. The lowest BCUT2D eigenvalue weighted by Gasteiger charge is -2.38. The molecule has 3 nitrogen and oxygen atoms in total. The number of hydrogen-bond donors (Lipinski definition) is 1. The number of aryl methyl sites for hydroxylation is 1. The summed E-state index contributed by atoms with van der Waals surface area (Å²) < 4.78 is 6.07. The van der Waals surface area contributed by atoms with Crippen LogP contribution in [-0.2, 0) is 5.41 Å². The SMILES string of the molecule is Cc1ccc2c(c1)OCC21CCC([C@@H](C)c2nc3ccc(Cl)cc3[nH]2)CC1. The van der Waals surface area contributed by atoms with Gasteiger partial charge in [0, 0.05) is 21.9 Å². The lowest BCUT2D eigenvalue weighted by atomic mass is 9.65. The molecule has 2 aliphatic rings. The molecule has 140 valence electrons. The van der Waals surface area contributed by atoms with Crippen molar-refractivity contribution in [1.29, 1.82) is 0 Å². The summed E-state index contributed by atoms with van der Waals surface area (Å²) in [5, 5.41) is 0.750. The van der Waals surface area contributed by atoms with Crippen molar-refractivity contribution >= 4 is 22.6 Å². The minimum atomic E-state index is 0.223. The lowest BCUT2D eigenvalue weighted by Crippen LogP contribution is -2.34. The van der Waals surface area contributed by atoms with E-state index in [-0.39, 0.29) is 5.41 Å². The molecule has 3 aromatic rings. The zero-order valence-corrected chi connectivity index (χ0v) is 16.6. The molecule has 0 amide bonds. The Balaban J connectivity index is 1.34. The van der Waals surface area contributed by atoms with E-state index < -0.39 is 0 Å². The van der Waals surface area contributed by atoms with Crippen molar-refractivity contribution in [2.24, 2.45) is 5.92 Å². The Kier molecular flexibility index (Phi) is 3.98. The van der Waals surface area contributed by atoms with Crippen LogP contribution in [0.2, 0.25) is 5.02 Å². The Hall–Kier alpha value is -2.00. The summed E-state index contributed by atoms with van der Waals surface area (Å²) in [6, 6.07) is 12.6. The molecule has 1 N–H and O–H groups in total. The number of aromatic nitrogens is 2. The van der Waals surface area contributed by atoms with Gasteiger partial charge in [-0.25, -0.2) is 4.98 Å². The van der Waals surface area contributed by atoms with Crippen molar-refractivity contribution in [2.75, 3.05) is 6.61 Å². The molecule has 1 aliphatic carbocycles. The molecule has 1 spiro atoms. The van der Waals surface area contributed by atoms with Crippen LogP contribution in [0.1, 0.15) is 55.5 Å². The van der Waals surface area contributed by atoms with Gasteiger partial charge in [0.15, 0.2) is 0 Å². The minimum Gasteiger partial charge on any atom is -0.492 e. The molecule has 0 saturated heterocycles. The molecule has 1 aromatic heterocycles. The summed E-state index contributed by atoms with van der Waals surface area (Å²) in [6.07, 6.45) is 4.83. The van der Waals surface area contributed by atoms with E-state index in [4.69, 9.17) is 21.3 Å². The molecule has 2 heterocycles. The highest BCUT2D eigenvalue weighted by molar-refractivity contribution is 6.31. The Labute approximate surface area is 165 Å².